The van der Waals surface area contributed by atoms with E-state index in [4.69, 9.17) is 11.6 Å². The number of carbonyl (C=O) groups is 1. The molecule has 1 aliphatic carbocycles. The zero-order valence-corrected chi connectivity index (χ0v) is 12.9. The van der Waals surface area contributed by atoms with E-state index in [1.807, 2.05) is 12.1 Å². The van der Waals surface area contributed by atoms with E-state index in [1.54, 1.807) is 12.1 Å². The second kappa shape index (κ2) is 8.25. The SMILES string of the molecule is O=C(NCc1ccc(Cl)cc1)NC[C@@H](O)C1CCCCC1. The van der Waals surface area contributed by atoms with E-state index in [-0.39, 0.29) is 6.03 Å². The van der Waals surface area contributed by atoms with E-state index in [0.29, 0.717) is 24.0 Å². The lowest BCUT2D eigenvalue weighted by Crippen LogP contribution is -2.41. The number of aliphatic hydroxyl groups is 1. The van der Waals surface area contributed by atoms with E-state index in [2.05, 4.69) is 10.6 Å². The second-order valence-electron chi connectivity index (χ2n) is 5.66. The van der Waals surface area contributed by atoms with Crippen LogP contribution in [0.15, 0.2) is 24.3 Å². The fraction of sp³-hybridized carbons (Fsp3) is 0.562. The molecule has 2 amide bonds. The molecule has 2 rings (SSSR count). The number of hydrogen-bond acceptors (Lipinski definition) is 2. The molecular formula is C16H23ClN2O2. The Morgan fingerprint density at radius 3 is 2.52 bits per heavy atom. The third-order valence-electron chi connectivity index (χ3n) is 4.03. The summed E-state index contributed by atoms with van der Waals surface area (Å²) in [5.74, 6) is 0.329. The Morgan fingerprint density at radius 2 is 1.86 bits per heavy atom. The molecule has 0 bridgehead atoms. The maximum Gasteiger partial charge on any atom is 0.315 e. The highest BCUT2D eigenvalue weighted by atomic mass is 35.5. The van der Waals surface area contributed by atoms with Crippen molar-refractivity contribution in [1.29, 1.82) is 0 Å². The molecule has 5 heteroatoms. The molecule has 0 saturated heterocycles. The van der Waals surface area contributed by atoms with Gasteiger partial charge in [0.15, 0.2) is 0 Å². The zero-order valence-electron chi connectivity index (χ0n) is 12.1. The summed E-state index contributed by atoms with van der Waals surface area (Å²) in [4.78, 5) is 11.7. The molecule has 1 aliphatic rings. The van der Waals surface area contributed by atoms with E-state index in [0.717, 1.165) is 18.4 Å². The van der Waals surface area contributed by atoms with Crippen LogP contribution in [0.25, 0.3) is 0 Å². The van der Waals surface area contributed by atoms with Crippen molar-refractivity contribution < 1.29 is 9.90 Å². The Morgan fingerprint density at radius 1 is 1.19 bits per heavy atom. The molecule has 1 fully saturated rings. The summed E-state index contributed by atoms with van der Waals surface area (Å²) in [7, 11) is 0. The molecule has 1 aromatic rings. The van der Waals surface area contributed by atoms with E-state index in [9.17, 15) is 9.90 Å². The molecule has 1 atom stereocenters. The first kappa shape index (κ1) is 16.1. The smallest absolute Gasteiger partial charge is 0.315 e. The summed E-state index contributed by atoms with van der Waals surface area (Å²) >= 11 is 5.81. The summed E-state index contributed by atoms with van der Waals surface area (Å²) in [5.41, 5.74) is 0.988. The number of nitrogens with one attached hydrogen (secondary N) is 2. The molecule has 3 N–H and O–H groups in total. The van der Waals surface area contributed by atoms with Gasteiger partial charge in [-0.3, -0.25) is 0 Å². The Hall–Kier alpha value is -1.26. The van der Waals surface area contributed by atoms with E-state index >= 15 is 0 Å². The number of halogens is 1. The average molecular weight is 311 g/mol. The van der Waals surface area contributed by atoms with Gasteiger partial charge >= 0.3 is 6.03 Å². The lowest BCUT2D eigenvalue weighted by molar-refractivity contribution is 0.0858. The number of hydrogen-bond donors (Lipinski definition) is 3. The van der Waals surface area contributed by atoms with Crippen LogP contribution in [0.2, 0.25) is 5.02 Å². The van der Waals surface area contributed by atoms with Crippen molar-refractivity contribution in [3.8, 4) is 0 Å². The number of benzene rings is 1. The lowest BCUT2D eigenvalue weighted by Gasteiger charge is -2.26. The number of amides is 2. The molecule has 0 aromatic heterocycles. The predicted molar refractivity (Wildman–Crippen MR) is 84.3 cm³/mol. The largest absolute Gasteiger partial charge is 0.391 e. The van der Waals surface area contributed by atoms with Gasteiger partial charge in [0.1, 0.15) is 0 Å². The van der Waals surface area contributed by atoms with Crippen molar-refractivity contribution in [3.63, 3.8) is 0 Å². The third kappa shape index (κ3) is 5.56. The standard InChI is InChI=1S/C16H23ClN2O2/c17-14-8-6-12(7-9-14)10-18-16(21)19-11-15(20)13-4-2-1-3-5-13/h6-9,13,15,20H,1-5,10-11H2,(H2,18,19,21)/t15-/m1/s1. The fourth-order valence-corrected chi connectivity index (χ4v) is 2.86. The van der Waals surface area contributed by atoms with Gasteiger partial charge in [0.2, 0.25) is 0 Å². The van der Waals surface area contributed by atoms with Crippen molar-refractivity contribution in [2.75, 3.05) is 6.54 Å². The van der Waals surface area contributed by atoms with Crippen LogP contribution in [0.5, 0.6) is 0 Å². The molecule has 4 nitrogen and oxygen atoms in total. The molecule has 0 heterocycles. The van der Waals surface area contributed by atoms with Crippen LogP contribution >= 0.6 is 11.6 Å². The minimum Gasteiger partial charge on any atom is -0.391 e. The van der Waals surface area contributed by atoms with Crippen molar-refractivity contribution in [1.82, 2.24) is 10.6 Å². The lowest BCUT2D eigenvalue weighted by atomic mass is 9.85. The first-order chi connectivity index (χ1) is 10.1. The quantitative estimate of drug-likeness (QED) is 0.782. The maximum atomic E-state index is 11.7. The van der Waals surface area contributed by atoms with Gasteiger partial charge in [-0.1, -0.05) is 43.0 Å². The Balaban J connectivity index is 1.66. The van der Waals surface area contributed by atoms with Crippen molar-refractivity contribution in [2.45, 2.75) is 44.8 Å². The van der Waals surface area contributed by atoms with Gasteiger partial charge in [0.25, 0.3) is 0 Å². The molecule has 1 saturated carbocycles. The van der Waals surface area contributed by atoms with Crippen LogP contribution in [0.4, 0.5) is 4.79 Å². The Kier molecular flexibility index (Phi) is 6.33. The summed E-state index contributed by atoms with van der Waals surface area (Å²) in [5, 5.41) is 16.3. The molecule has 116 valence electrons. The Labute approximate surface area is 130 Å². The van der Waals surface area contributed by atoms with Crippen molar-refractivity contribution >= 4 is 17.6 Å². The molecule has 21 heavy (non-hydrogen) atoms. The van der Waals surface area contributed by atoms with Gasteiger partial charge in [-0.05, 0) is 36.5 Å². The highest BCUT2D eigenvalue weighted by Crippen LogP contribution is 2.26. The van der Waals surface area contributed by atoms with Crippen LogP contribution in [0.3, 0.4) is 0 Å². The van der Waals surface area contributed by atoms with Gasteiger partial charge < -0.3 is 15.7 Å². The minimum absolute atomic E-state index is 0.250. The molecule has 0 aliphatic heterocycles. The van der Waals surface area contributed by atoms with E-state index < -0.39 is 6.10 Å². The summed E-state index contributed by atoms with van der Waals surface area (Å²) < 4.78 is 0. The highest BCUT2D eigenvalue weighted by molar-refractivity contribution is 6.30. The molecule has 0 spiro atoms. The summed E-state index contributed by atoms with van der Waals surface area (Å²) in [6.07, 6.45) is 5.32. The monoisotopic (exact) mass is 310 g/mol. The minimum atomic E-state index is -0.438. The van der Waals surface area contributed by atoms with Crippen LogP contribution in [0, 0.1) is 5.92 Å². The normalized spacial score (nSPS) is 17.2. The van der Waals surface area contributed by atoms with Gasteiger partial charge in [-0.2, -0.15) is 0 Å². The number of aliphatic hydroxyl groups excluding tert-OH is 1. The Bertz CT molecular complexity index is 444. The maximum absolute atomic E-state index is 11.7. The third-order valence-corrected chi connectivity index (χ3v) is 4.28. The molecule has 0 radical (unpaired) electrons. The first-order valence-corrected chi connectivity index (χ1v) is 7.97. The number of carbonyl (C=O) groups excluding carboxylic acids is 1. The van der Waals surface area contributed by atoms with Crippen LogP contribution in [0.1, 0.15) is 37.7 Å². The number of urea groups is 1. The van der Waals surface area contributed by atoms with Gasteiger partial charge in [-0.25, -0.2) is 4.79 Å². The molecule has 1 aromatic carbocycles. The summed E-state index contributed by atoms with van der Waals surface area (Å²) in [6, 6.07) is 7.09. The van der Waals surface area contributed by atoms with Gasteiger partial charge in [0.05, 0.1) is 6.10 Å². The number of rotatable bonds is 5. The average Bonchev–Trinajstić information content (AvgIpc) is 2.53. The van der Waals surface area contributed by atoms with Crippen molar-refractivity contribution in [3.05, 3.63) is 34.9 Å². The molecular weight excluding hydrogens is 288 g/mol. The molecule has 0 unspecified atom stereocenters. The van der Waals surface area contributed by atoms with Crippen LogP contribution in [-0.4, -0.2) is 23.8 Å². The van der Waals surface area contributed by atoms with Gasteiger partial charge in [0, 0.05) is 18.1 Å². The van der Waals surface area contributed by atoms with Crippen LogP contribution < -0.4 is 10.6 Å². The fourth-order valence-electron chi connectivity index (χ4n) is 2.73. The topological polar surface area (TPSA) is 61.4 Å². The highest BCUT2D eigenvalue weighted by Gasteiger charge is 2.21. The van der Waals surface area contributed by atoms with E-state index in [1.165, 1.54) is 19.3 Å². The zero-order chi connectivity index (χ0) is 15.1. The first-order valence-electron chi connectivity index (χ1n) is 7.59. The second-order valence-corrected chi connectivity index (χ2v) is 6.09. The summed E-state index contributed by atoms with van der Waals surface area (Å²) in [6.45, 7) is 0.764. The predicted octanol–water partition coefficient (Wildman–Crippen LogP) is 3.08. The van der Waals surface area contributed by atoms with Crippen LogP contribution in [-0.2, 0) is 6.54 Å². The van der Waals surface area contributed by atoms with Gasteiger partial charge in [-0.15, -0.1) is 0 Å². The van der Waals surface area contributed by atoms with Crippen molar-refractivity contribution in [2.24, 2.45) is 5.92 Å².